The van der Waals surface area contributed by atoms with Crippen LogP contribution in [0.2, 0.25) is 0 Å². The molecule has 1 aromatic heterocycles. The molecule has 2 saturated heterocycles. The molecule has 1 unspecified atom stereocenters. The van der Waals surface area contributed by atoms with Crippen molar-refractivity contribution in [1.82, 2.24) is 24.9 Å². The highest BCUT2D eigenvalue weighted by Gasteiger charge is 2.45. The van der Waals surface area contributed by atoms with Gasteiger partial charge in [-0.3, -0.25) is 39.1 Å². The van der Waals surface area contributed by atoms with E-state index in [1.54, 1.807) is 28.9 Å². The van der Waals surface area contributed by atoms with Gasteiger partial charge in [-0.25, -0.2) is 4.68 Å². The minimum Gasteiger partial charge on any atom is -0.366 e. The molecule has 3 aliphatic rings. The third-order valence-electron chi connectivity index (χ3n) is 8.94. The number of amides is 5. The van der Waals surface area contributed by atoms with Crippen LogP contribution >= 0.6 is 15.9 Å². The maximum atomic E-state index is 13.3. The van der Waals surface area contributed by atoms with Gasteiger partial charge in [0.25, 0.3) is 17.7 Å². The van der Waals surface area contributed by atoms with Gasteiger partial charge in [0.2, 0.25) is 11.8 Å². The lowest BCUT2D eigenvalue weighted by molar-refractivity contribution is -0.136. The number of rotatable bonds is 6. The first-order valence-corrected chi connectivity index (χ1v) is 15.6. The van der Waals surface area contributed by atoms with E-state index >= 15 is 0 Å². The standard InChI is InChI=1S/C33H29BrN6O5/c34-26-14-25-24(32(44)40(33(25)45)27-10-11-28(41)36-31(27)43)13-21(26)16-38-12-2-4-19(15-38)18-6-8-22(9-7-18)39-17-20-3-1-5-23(30(35)42)29(20)37-39/h1,3,5-9,13-14,17,19,27H,2,4,10-12,15-16H2,(H2,35,42)(H,36,41,43)/t19-,27?/m1/s1. The number of aromatic nitrogens is 2. The van der Waals surface area contributed by atoms with Crippen molar-refractivity contribution in [3.63, 3.8) is 0 Å². The molecule has 5 amide bonds. The molecular formula is C33H29BrN6O5. The number of halogens is 1. The van der Waals surface area contributed by atoms with Crippen LogP contribution in [0.15, 0.2) is 65.3 Å². The lowest BCUT2D eigenvalue weighted by Gasteiger charge is -2.33. The van der Waals surface area contributed by atoms with Crippen molar-refractivity contribution in [3.05, 3.63) is 93.1 Å². The highest BCUT2D eigenvalue weighted by atomic mass is 79.9. The molecule has 2 fully saturated rings. The molecule has 4 heterocycles. The molecule has 3 aromatic carbocycles. The van der Waals surface area contributed by atoms with E-state index in [9.17, 15) is 24.0 Å². The van der Waals surface area contributed by atoms with Crippen LogP contribution in [0.3, 0.4) is 0 Å². The SMILES string of the molecule is NC(=O)c1cccc2cn(-c3ccc([C@@H]4CCCN(Cc5cc6c(cc5Br)C(=O)N(C5CCC(=O)NC5=O)C6=O)C4)cc3)nc12. The Morgan fingerprint density at radius 1 is 1.00 bits per heavy atom. The van der Waals surface area contributed by atoms with Crippen LogP contribution in [0.5, 0.6) is 0 Å². The zero-order chi connectivity index (χ0) is 31.4. The van der Waals surface area contributed by atoms with Crippen molar-refractivity contribution in [2.24, 2.45) is 5.73 Å². The van der Waals surface area contributed by atoms with Crippen molar-refractivity contribution in [1.29, 1.82) is 0 Å². The summed E-state index contributed by atoms with van der Waals surface area (Å²) in [7, 11) is 0. The largest absolute Gasteiger partial charge is 0.366 e. The Balaban J connectivity index is 1.06. The molecule has 11 nitrogen and oxygen atoms in total. The van der Waals surface area contributed by atoms with Gasteiger partial charge in [-0.15, -0.1) is 0 Å². The summed E-state index contributed by atoms with van der Waals surface area (Å²) in [5.41, 5.74) is 10.0. The fraction of sp³-hybridized carbons (Fsp3) is 0.273. The van der Waals surface area contributed by atoms with Crippen LogP contribution in [0, 0.1) is 0 Å². The maximum absolute atomic E-state index is 13.3. The molecule has 3 N–H and O–H groups in total. The quantitative estimate of drug-likeness (QED) is 0.298. The zero-order valence-corrected chi connectivity index (χ0v) is 25.7. The Hall–Kier alpha value is -4.68. The Morgan fingerprint density at radius 2 is 1.76 bits per heavy atom. The highest BCUT2D eigenvalue weighted by Crippen LogP contribution is 2.34. The van der Waals surface area contributed by atoms with Crippen molar-refractivity contribution in [3.8, 4) is 5.69 Å². The molecule has 4 aromatic rings. The summed E-state index contributed by atoms with van der Waals surface area (Å²) >= 11 is 3.61. The van der Waals surface area contributed by atoms with Gasteiger partial charge < -0.3 is 5.73 Å². The summed E-state index contributed by atoms with van der Waals surface area (Å²) in [6.07, 6.45) is 4.14. The number of primary amides is 1. The number of benzene rings is 3. The number of nitrogens with zero attached hydrogens (tertiary/aromatic N) is 4. The maximum Gasteiger partial charge on any atom is 0.262 e. The lowest BCUT2D eigenvalue weighted by atomic mass is 9.90. The molecule has 3 aliphatic heterocycles. The third kappa shape index (κ3) is 5.23. The number of carbonyl (C=O) groups is 5. The Labute approximate surface area is 266 Å². The van der Waals surface area contributed by atoms with Gasteiger partial charge in [0.05, 0.1) is 22.4 Å². The molecule has 0 spiro atoms. The molecule has 45 heavy (non-hydrogen) atoms. The Bertz CT molecular complexity index is 1920. The van der Waals surface area contributed by atoms with Gasteiger partial charge in [-0.1, -0.05) is 40.2 Å². The fourth-order valence-electron chi connectivity index (χ4n) is 6.64. The predicted octanol–water partition coefficient (Wildman–Crippen LogP) is 3.67. The van der Waals surface area contributed by atoms with E-state index in [4.69, 9.17) is 5.73 Å². The average molecular weight is 670 g/mol. The first kappa shape index (κ1) is 29.1. The predicted molar refractivity (Wildman–Crippen MR) is 168 cm³/mol. The topological polar surface area (TPSA) is 148 Å². The van der Waals surface area contributed by atoms with Crippen molar-refractivity contribution in [2.75, 3.05) is 13.1 Å². The highest BCUT2D eigenvalue weighted by molar-refractivity contribution is 9.10. The molecule has 0 bridgehead atoms. The van der Waals surface area contributed by atoms with E-state index in [-0.39, 0.29) is 24.0 Å². The number of hydrogen-bond donors (Lipinski definition) is 2. The van der Waals surface area contributed by atoms with Crippen LogP contribution in [0.25, 0.3) is 16.6 Å². The van der Waals surface area contributed by atoms with Gasteiger partial charge >= 0.3 is 0 Å². The summed E-state index contributed by atoms with van der Waals surface area (Å²) in [6.45, 7) is 2.31. The number of likely N-dealkylation sites (tertiary alicyclic amines) is 1. The molecule has 12 heteroatoms. The van der Waals surface area contributed by atoms with Crippen molar-refractivity contribution < 1.29 is 24.0 Å². The van der Waals surface area contributed by atoms with E-state index in [1.807, 2.05) is 24.4 Å². The van der Waals surface area contributed by atoms with Crippen LogP contribution in [0.4, 0.5) is 0 Å². The molecule has 228 valence electrons. The first-order valence-electron chi connectivity index (χ1n) is 14.8. The Kier molecular flexibility index (Phi) is 7.33. The normalized spacial score (nSPS) is 20.5. The summed E-state index contributed by atoms with van der Waals surface area (Å²) in [4.78, 5) is 65.7. The molecular weight excluding hydrogens is 640 g/mol. The number of nitrogens with two attached hydrogens (primary N) is 1. The monoisotopic (exact) mass is 668 g/mol. The minimum absolute atomic E-state index is 0.0791. The van der Waals surface area contributed by atoms with Crippen molar-refractivity contribution >= 4 is 56.4 Å². The molecule has 7 rings (SSSR count). The van der Waals surface area contributed by atoms with Crippen LogP contribution < -0.4 is 11.1 Å². The van der Waals surface area contributed by atoms with Gasteiger partial charge in [-0.2, -0.15) is 5.10 Å². The number of imide groups is 2. The third-order valence-corrected chi connectivity index (χ3v) is 9.68. The summed E-state index contributed by atoms with van der Waals surface area (Å²) in [5, 5.41) is 7.68. The molecule has 0 aliphatic carbocycles. The minimum atomic E-state index is -0.994. The van der Waals surface area contributed by atoms with Crippen LogP contribution in [-0.4, -0.2) is 68.2 Å². The van der Waals surface area contributed by atoms with E-state index in [0.29, 0.717) is 23.5 Å². The van der Waals surface area contributed by atoms with Crippen LogP contribution in [-0.2, 0) is 16.1 Å². The summed E-state index contributed by atoms with van der Waals surface area (Å²) in [6, 6.07) is 16.1. The zero-order valence-electron chi connectivity index (χ0n) is 24.2. The number of fused-ring (bicyclic) bond motifs is 2. The second-order valence-corrected chi connectivity index (χ2v) is 12.6. The average Bonchev–Trinajstić information content (AvgIpc) is 3.56. The Morgan fingerprint density at radius 3 is 2.49 bits per heavy atom. The second-order valence-electron chi connectivity index (χ2n) is 11.8. The second kappa shape index (κ2) is 11.4. The van der Waals surface area contributed by atoms with Crippen molar-refractivity contribution in [2.45, 2.75) is 44.2 Å². The smallest absolute Gasteiger partial charge is 0.262 e. The number of hydrogen-bond acceptors (Lipinski definition) is 7. The molecule has 2 atom stereocenters. The fourth-order valence-corrected chi connectivity index (χ4v) is 7.11. The lowest BCUT2D eigenvalue weighted by Crippen LogP contribution is -2.54. The van der Waals surface area contributed by atoms with E-state index in [0.717, 1.165) is 51.9 Å². The summed E-state index contributed by atoms with van der Waals surface area (Å²) in [5.74, 6) is -2.25. The summed E-state index contributed by atoms with van der Waals surface area (Å²) < 4.78 is 2.48. The van der Waals surface area contributed by atoms with Gasteiger partial charge in [-0.05, 0) is 73.2 Å². The van der Waals surface area contributed by atoms with Gasteiger partial charge in [0.1, 0.15) is 11.6 Å². The molecule has 0 saturated carbocycles. The molecule has 0 radical (unpaired) electrons. The first-order chi connectivity index (χ1) is 21.7. The number of piperidine rings is 2. The van der Waals surface area contributed by atoms with Gasteiger partial charge in [0, 0.05) is 35.6 Å². The van der Waals surface area contributed by atoms with E-state index in [2.05, 4.69) is 43.4 Å². The van der Waals surface area contributed by atoms with E-state index < -0.39 is 35.6 Å². The van der Waals surface area contributed by atoms with Crippen LogP contribution in [0.1, 0.15) is 73.8 Å². The number of nitrogens with one attached hydrogen (secondary N) is 1. The number of carbonyl (C=O) groups excluding carboxylic acids is 5. The van der Waals surface area contributed by atoms with E-state index in [1.165, 1.54) is 5.56 Å². The van der Waals surface area contributed by atoms with Gasteiger partial charge in [0.15, 0.2) is 0 Å².